The first-order valence-corrected chi connectivity index (χ1v) is 34.8. The number of phosphoric acid groups is 1. The molecule has 3 unspecified atom stereocenters. The molecule has 0 aliphatic heterocycles. The Morgan fingerprint density at radius 1 is 0.447 bits per heavy atom. The van der Waals surface area contributed by atoms with Gasteiger partial charge in [-0.1, -0.05) is 314 Å². The Morgan fingerprint density at radius 3 is 1.09 bits per heavy atom. The number of nitrogens with zero attached hydrogens (tertiary/aromatic N) is 1. The van der Waals surface area contributed by atoms with Crippen LogP contribution < -0.4 is 5.32 Å². The van der Waals surface area contributed by atoms with Gasteiger partial charge < -0.3 is 19.8 Å². The highest BCUT2D eigenvalue weighted by molar-refractivity contribution is 7.47. The van der Waals surface area contributed by atoms with Gasteiger partial charge in [0.05, 0.1) is 39.9 Å². The topological polar surface area (TPSA) is 105 Å². The van der Waals surface area contributed by atoms with Gasteiger partial charge in [-0.15, -0.1) is 0 Å². The highest BCUT2D eigenvalue weighted by atomic mass is 31.2. The Morgan fingerprint density at radius 2 is 0.750 bits per heavy atom. The van der Waals surface area contributed by atoms with Crippen molar-refractivity contribution >= 4 is 13.7 Å². The van der Waals surface area contributed by atoms with E-state index >= 15 is 0 Å². The number of hydrogen-bond acceptors (Lipinski definition) is 5. The first-order valence-electron chi connectivity index (χ1n) is 33.4. The lowest BCUT2D eigenvalue weighted by Gasteiger charge is -2.26. The normalized spacial score (nSPS) is 13.9. The monoisotopic (exact) mass is 1090 g/mol. The van der Waals surface area contributed by atoms with E-state index in [9.17, 15) is 19.4 Å². The van der Waals surface area contributed by atoms with E-state index in [2.05, 4.69) is 55.6 Å². The molecule has 0 aliphatic rings. The molecule has 9 heteroatoms. The average Bonchev–Trinajstić information content (AvgIpc) is 3.38. The number of phosphoric ester groups is 1. The zero-order valence-corrected chi connectivity index (χ0v) is 52.4. The van der Waals surface area contributed by atoms with Crippen molar-refractivity contribution < 1.29 is 32.9 Å². The van der Waals surface area contributed by atoms with E-state index in [4.69, 9.17) is 9.05 Å². The first kappa shape index (κ1) is 74.7. The molecule has 0 aromatic carbocycles. The lowest BCUT2D eigenvalue weighted by Crippen LogP contribution is -2.46. The number of carbonyl (C=O) groups is 1. The second kappa shape index (κ2) is 58.4. The molecular weight excluding hydrogens is 960 g/mol. The molecule has 0 radical (unpaired) electrons. The largest absolute Gasteiger partial charge is 0.472 e. The molecule has 0 saturated heterocycles. The summed E-state index contributed by atoms with van der Waals surface area (Å²) in [6.07, 6.45) is 76.7. The number of nitrogens with one attached hydrogen (secondary N) is 1. The van der Waals surface area contributed by atoms with Crippen molar-refractivity contribution in [3.63, 3.8) is 0 Å². The fourth-order valence-corrected chi connectivity index (χ4v) is 10.9. The lowest BCUT2D eigenvalue weighted by molar-refractivity contribution is -0.870. The summed E-state index contributed by atoms with van der Waals surface area (Å²) in [4.78, 5) is 23.4. The maximum absolute atomic E-state index is 13.0. The van der Waals surface area contributed by atoms with E-state index in [0.29, 0.717) is 23.9 Å². The number of unbranched alkanes of at least 4 members (excludes halogenated alkanes) is 43. The van der Waals surface area contributed by atoms with E-state index in [1.807, 2.05) is 21.1 Å². The van der Waals surface area contributed by atoms with Crippen molar-refractivity contribution in [3.8, 4) is 0 Å². The molecule has 0 aliphatic carbocycles. The molecule has 0 bridgehead atoms. The van der Waals surface area contributed by atoms with E-state index < -0.39 is 20.0 Å². The predicted octanol–water partition coefficient (Wildman–Crippen LogP) is 20.9. The highest BCUT2D eigenvalue weighted by Crippen LogP contribution is 2.43. The lowest BCUT2D eigenvalue weighted by atomic mass is 10.0. The van der Waals surface area contributed by atoms with Gasteiger partial charge in [-0.2, -0.15) is 0 Å². The minimum absolute atomic E-state index is 0.0771. The summed E-state index contributed by atoms with van der Waals surface area (Å²) in [5, 5.41) is 14.1. The molecule has 76 heavy (non-hydrogen) atoms. The summed E-state index contributed by atoms with van der Waals surface area (Å²) >= 11 is 0. The van der Waals surface area contributed by atoms with Crippen LogP contribution in [0.25, 0.3) is 0 Å². The third-order valence-corrected chi connectivity index (χ3v) is 16.4. The van der Waals surface area contributed by atoms with Crippen LogP contribution in [0.1, 0.15) is 335 Å². The van der Waals surface area contributed by atoms with E-state index in [1.165, 1.54) is 257 Å². The van der Waals surface area contributed by atoms with Gasteiger partial charge in [0.15, 0.2) is 0 Å². The minimum Gasteiger partial charge on any atom is -0.391 e. The van der Waals surface area contributed by atoms with Crippen LogP contribution in [0, 0.1) is 0 Å². The number of aliphatic hydroxyl groups excluding tert-OH is 1. The predicted molar refractivity (Wildman–Crippen MR) is 332 cm³/mol. The molecule has 1 amide bonds. The van der Waals surface area contributed by atoms with E-state index in [-0.39, 0.29) is 19.1 Å². The van der Waals surface area contributed by atoms with Gasteiger partial charge in [0.25, 0.3) is 0 Å². The van der Waals surface area contributed by atoms with Crippen molar-refractivity contribution in [1.82, 2.24) is 5.32 Å². The second-order valence-corrected chi connectivity index (χ2v) is 25.7. The van der Waals surface area contributed by atoms with Gasteiger partial charge in [0, 0.05) is 6.42 Å². The van der Waals surface area contributed by atoms with Crippen molar-refractivity contribution in [2.45, 2.75) is 347 Å². The van der Waals surface area contributed by atoms with Gasteiger partial charge in [-0.25, -0.2) is 4.57 Å². The number of carbonyl (C=O) groups excluding carboxylic acids is 1. The number of quaternary nitrogens is 1. The van der Waals surface area contributed by atoms with Crippen LogP contribution in [0.15, 0.2) is 36.5 Å². The molecule has 0 saturated carbocycles. The Kier molecular flexibility index (Phi) is 57.4. The summed E-state index contributed by atoms with van der Waals surface area (Å²) in [6, 6.07) is -0.758. The zero-order valence-electron chi connectivity index (χ0n) is 51.5. The Balaban J connectivity index is 3.87. The summed E-state index contributed by atoms with van der Waals surface area (Å²) in [6.45, 7) is 4.92. The van der Waals surface area contributed by atoms with Crippen LogP contribution in [0.4, 0.5) is 0 Å². The zero-order chi connectivity index (χ0) is 55.6. The number of aliphatic hydroxyl groups is 1. The number of allylic oxidation sites excluding steroid dienone is 6. The smallest absolute Gasteiger partial charge is 0.391 e. The molecule has 450 valence electrons. The fourth-order valence-electron chi connectivity index (χ4n) is 10.2. The number of likely N-dealkylation sites (N-methyl/N-ethyl adjacent to an activating group) is 1. The molecule has 0 heterocycles. The Hall–Kier alpha value is -1.28. The van der Waals surface area contributed by atoms with Crippen molar-refractivity contribution in [2.75, 3.05) is 40.9 Å². The Labute approximate surface area is 474 Å². The third-order valence-electron chi connectivity index (χ3n) is 15.4. The van der Waals surface area contributed by atoms with Gasteiger partial charge in [-0.3, -0.25) is 13.8 Å². The molecule has 0 rings (SSSR count). The van der Waals surface area contributed by atoms with Crippen LogP contribution in [0.2, 0.25) is 0 Å². The second-order valence-electron chi connectivity index (χ2n) is 24.2. The van der Waals surface area contributed by atoms with Crippen molar-refractivity contribution in [2.24, 2.45) is 0 Å². The number of hydrogen-bond donors (Lipinski definition) is 3. The standard InChI is InChI=1S/C67H131N2O6P/c1-6-8-10-12-14-16-18-20-22-23-24-25-26-27-28-29-30-31-32-33-34-35-36-37-38-39-40-41-42-43-44-45-47-49-51-53-55-57-59-61-67(71)68-65(64-75-76(72,73)74-63-62-69(3,4)5)66(70)60-58-56-54-52-50-48-46-21-19-17-15-13-11-9-7-2/h18,20,23-24,26-27,65-66,70H,6-17,19,21-22,25,28-64H2,1-5H3,(H-,68,71,72,73)/p+1/b20-18-,24-23-,27-26-. The summed E-state index contributed by atoms with van der Waals surface area (Å²) in [5.74, 6) is -0.138. The maximum Gasteiger partial charge on any atom is 0.472 e. The average molecular weight is 1090 g/mol. The fraction of sp³-hybridized carbons (Fsp3) is 0.896. The van der Waals surface area contributed by atoms with Crippen LogP contribution in [-0.4, -0.2) is 73.4 Å². The Bertz CT molecular complexity index is 1330. The van der Waals surface area contributed by atoms with Gasteiger partial charge in [0.2, 0.25) is 5.91 Å². The molecule has 0 aromatic rings. The summed E-state index contributed by atoms with van der Waals surface area (Å²) < 4.78 is 23.8. The number of rotatable bonds is 62. The van der Waals surface area contributed by atoms with Crippen LogP contribution >= 0.6 is 7.82 Å². The van der Waals surface area contributed by atoms with E-state index in [0.717, 1.165) is 51.4 Å². The van der Waals surface area contributed by atoms with Crippen molar-refractivity contribution in [1.29, 1.82) is 0 Å². The van der Waals surface area contributed by atoms with Crippen LogP contribution in [-0.2, 0) is 18.4 Å². The maximum atomic E-state index is 13.0. The van der Waals surface area contributed by atoms with Crippen LogP contribution in [0.3, 0.4) is 0 Å². The van der Waals surface area contributed by atoms with Gasteiger partial charge in [-0.05, 0) is 51.4 Å². The third kappa shape index (κ3) is 60.4. The van der Waals surface area contributed by atoms with Crippen molar-refractivity contribution in [3.05, 3.63) is 36.5 Å². The van der Waals surface area contributed by atoms with E-state index in [1.54, 1.807) is 0 Å². The van der Waals surface area contributed by atoms with Gasteiger partial charge in [0.1, 0.15) is 13.2 Å². The minimum atomic E-state index is -4.32. The molecule has 3 atom stereocenters. The molecule has 8 nitrogen and oxygen atoms in total. The number of amides is 1. The highest BCUT2D eigenvalue weighted by Gasteiger charge is 2.28. The summed E-state index contributed by atoms with van der Waals surface area (Å²) in [5.41, 5.74) is 0. The molecular formula is C67H132N2O6P+. The van der Waals surface area contributed by atoms with Crippen LogP contribution in [0.5, 0.6) is 0 Å². The quantitative estimate of drug-likeness (QED) is 0.0243. The molecule has 0 fully saturated rings. The first-order chi connectivity index (χ1) is 37.0. The molecule has 0 spiro atoms. The molecule has 0 aromatic heterocycles. The van der Waals surface area contributed by atoms with Gasteiger partial charge >= 0.3 is 7.82 Å². The molecule has 3 N–H and O–H groups in total. The summed E-state index contributed by atoms with van der Waals surface area (Å²) in [7, 11) is 1.63. The SMILES string of the molecule is CCCCCCC/C=C\C/C=C\C/C=C\CCCCCCCCCCCCCCCCCCCCCCCCCCC(=O)NC(COP(=O)(O)OCC[N+](C)(C)C)C(O)CCCCCCCCCCCCCCCCC.